The highest BCUT2D eigenvalue weighted by molar-refractivity contribution is 7.91. The number of aromatic nitrogens is 2. The number of carbonyl (C=O) groups is 1. The molecule has 0 aliphatic carbocycles. The molecule has 2 N–H and O–H groups in total. The van der Waals surface area contributed by atoms with Crippen LogP contribution in [0, 0.1) is 5.92 Å². The first-order valence-electron chi connectivity index (χ1n) is 10.9. The zero-order chi connectivity index (χ0) is 23.4. The van der Waals surface area contributed by atoms with Crippen molar-refractivity contribution in [2.75, 3.05) is 23.3 Å². The number of sulfonamides is 1. The number of carbonyl (C=O) groups excluding carboxylic acids is 1. The molecule has 174 valence electrons. The molecule has 2 aromatic carbocycles. The van der Waals surface area contributed by atoms with Gasteiger partial charge in [-0.25, -0.2) is 13.1 Å². The number of piperidine rings is 1. The van der Waals surface area contributed by atoms with Crippen LogP contribution in [0.3, 0.4) is 0 Å². The summed E-state index contributed by atoms with van der Waals surface area (Å²) in [6.45, 7) is 6.16. The molecule has 0 unspecified atom stereocenters. The van der Waals surface area contributed by atoms with E-state index in [1.807, 2.05) is 24.3 Å². The fourth-order valence-electron chi connectivity index (χ4n) is 3.72. The van der Waals surface area contributed by atoms with Gasteiger partial charge in [-0.05, 0) is 55.5 Å². The number of hydrogen-bond donors (Lipinski definition) is 2. The summed E-state index contributed by atoms with van der Waals surface area (Å²) in [6.07, 6.45) is 2.38. The van der Waals surface area contributed by atoms with Crippen LogP contribution in [0.15, 0.2) is 58.9 Å². The van der Waals surface area contributed by atoms with Gasteiger partial charge in [0.1, 0.15) is 0 Å². The fourth-order valence-corrected chi connectivity index (χ4v) is 5.86. The van der Waals surface area contributed by atoms with E-state index in [2.05, 4.69) is 32.1 Å². The molecule has 10 heteroatoms. The van der Waals surface area contributed by atoms with E-state index in [0.29, 0.717) is 5.56 Å². The number of rotatable bonds is 7. The number of benzene rings is 2. The third kappa shape index (κ3) is 5.76. The lowest BCUT2D eigenvalue weighted by Gasteiger charge is -2.32. The van der Waals surface area contributed by atoms with E-state index < -0.39 is 16.1 Å². The SMILES string of the molecule is CC1CCN(c2ccc([C@H](C)NS(=O)(=O)c3nnc(NC(=O)c4ccccc4)s3)cc2)CC1. The Morgan fingerprint density at radius 3 is 2.39 bits per heavy atom. The van der Waals surface area contributed by atoms with Crippen LogP contribution in [0.25, 0.3) is 0 Å². The molecule has 1 aliphatic rings. The molecule has 1 aliphatic heterocycles. The quantitative estimate of drug-likeness (QED) is 0.489. The van der Waals surface area contributed by atoms with Crippen LogP contribution in [-0.4, -0.2) is 37.6 Å². The van der Waals surface area contributed by atoms with Gasteiger partial charge in [-0.2, -0.15) is 0 Å². The van der Waals surface area contributed by atoms with Crippen molar-refractivity contribution in [1.82, 2.24) is 14.9 Å². The third-order valence-electron chi connectivity index (χ3n) is 5.77. The monoisotopic (exact) mass is 485 g/mol. The van der Waals surface area contributed by atoms with Crippen molar-refractivity contribution in [2.24, 2.45) is 5.92 Å². The standard InChI is InChI=1S/C23H27N5O3S2/c1-16-12-14-28(15-13-16)20-10-8-18(9-11-20)17(2)27-33(30,31)23-26-25-22(32-23)24-21(29)19-6-4-3-5-7-19/h3-11,16-17,27H,12-15H2,1-2H3,(H,24,25,29)/t17-/m0/s1. The van der Waals surface area contributed by atoms with Gasteiger partial charge < -0.3 is 4.90 Å². The lowest BCUT2D eigenvalue weighted by molar-refractivity contribution is 0.102. The predicted octanol–water partition coefficient (Wildman–Crippen LogP) is 4.07. The van der Waals surface area contributed by atoms with E-state index in [4.69, 9.17) is 0 Å². The van der Waals surface area contributed by atoms with Gasteiger partial charge in [-0.15, -0.1) is 10.2 Å². The minimum atomic E-state index is -3.89. The van der Waals surface area contributed by atoms with Crippen LogP contribution >= 0.6 is 11.3 Å². The van der Waals surface area contributed by atoms with Crippen molar-refractivity contribution in [3.63, 3.8) is 0 Å². The molecule has 1 fully saturated rings. The lowest BCUT2D eigenvalue weighted by Crippen LogP contribution is -2.32. The number of hydrogen-bond acceptors (Lipinski definition) is 7. The van der Waals surface area contributed by atoms with Gasteiger partial charge >= 0.3 is 0 Å². The van der Waals surface area contributed by atoms with Gasteiger partial charge in [0.15, 0.2) is 0 Å². The maximum atomic E-state index is 12.8. The van der Waals surface area contributed by atoms with E-state index in [9.17, 15) is 13.2 Å². The Bertz CT molecular complexity index is 1190. The molecule has 8 nitrogen and oxygen atoms in total. The van der Waals surface area contributed by atoms with Crippen molar-refractivity contribution in [1.29, 1.82) is 0 Å². The Morgan fingerprint density at radius 1 is 1.06 bits per heavy atom. The van der Waals surface area contributed by atoms with Crippen LogP contribution in [-0.2, 0) is 10.0 Å². The molecule has 2 heterocycles. The molecule has 1 amide bonds. The Labute approximate surface area is 198 Å². The summed E-state index contributed by atoms with van der Waals surface area (Å²) in [5.41, 5.74) is 2.46. The molecule has 3 aromatic rings. The van der Waals surface area contributed by atoms with Crippen molar-refractivity contribution in [3.8, 4) is 0 Å². The molecule has 1 atom stereocenters. The van der Waals surface area contributed by atoms with Gasteiger partial charge in [-0.1, -0.05) is 48.6 Å². The Kier molecular flexibility index (Phi) is 7.06. The second-order valence-electron chi connectivity index (χ2n) is 8.30. The molecule has 4 rings (SSSR count). The van der Waals surface area contributed by atoms with Crippen LogP contribution in [0.2, 0.25) is 0 Å². The van der Waals surface area contributed by atoms with Gasteiger partial charge in [0, 0.05) is 30.4 Å². The van der Waals surface area contributed by atoms with E-state index in [1.165, 1.54) is 12.8 Å². The lowest BCUT2D eigenvalue weighted by atomic mass is 9.98. The van der Waals surface area contributed by atoms with Crippen LogP contribution in [0.1, 0.15) is 48.7 Å². The van der Waals surface area contributed by atoms with Crippen molar-refractivity contribution in [3.05, 3.63) is 65.7 Å². The van der Waals surface area contributed by atoms with Crippen molar-refractivity contribution < 1.29 is 13.2 Å². The molecular weight excluding hydrogens is 458 g/mol. The summed E-state index contributed by atoms with van der Waals surface area (Å²) in [5, 5.41) is 10.3. The second kappa shape index (κ2) is 9.98. The first-order chi connectivity index (χ1) is 15.8. The van der Waals surface area contributed by atoms with E-state index in [0.717, 1.165) is 41.6 Å². The molecule has 1 saturated heterocycles. The average molecular weight is 486 g/mol. The highest BCUT2D eigenvalue weighted by Gasteiger charge is 2.24. The summed E-state index contributed by atoms with van der Waals surface area (Å²) in [6, 6.07) is 16.2. The minimum absolute atomic E-state index is 0.122. The normalized spacial score (nSPS) is 15.9. The molecule has 0 radical (unpaired) electrons. The maximum Gasteiger partial charge on any atom is 0.270 e. The van der Waals surface area contributed by atoms with Crippen LogP contribution < -0.4 is 14.9 Å². The zero-order valence-electron chi connectivity index (χ0n) is 18.6. The fraction of sp³-hybridized carbons (Fsp3) is 0.348. The minimum Gasteiger partial charge on any atom is -0.372 e. The number of nitrogens with zero attached hydrogens (tertiary/aromatic N) is 3. The summed E-state index contributed by atoms with van der Waals surface area (Å²) in [7, 11) is -3.89. The predicted molar refractivity (Wildman–Crippen MR) is 130 cm³/mol. The van der Waals surface area contributed by atoms with Crippen LogP contribution in [0.4, 0.5) is 10.8 Å². The summed E-state index contributed by atoms with van der Waals surface area (Å²) in [4.78, 5) is 14.6. The number of amides is 1. The third-order valence-corrected chi connectivity index (χ3v) is 8.51. The van der Waals surface area contributed by atoms with Crippen LogP contribution in [0.5, 0.6) is 0 Å². The first kappa shape index (κ1) is 23.3. The summed E-state index contributed by atoms with van der Waals surface area (Å²) in [5.74, 6) is 0.391. The topological polar surface area (TPSA) is 104 Å². The van der Waals surface area contributed by atoms with Gasteiger partial charge in [0.2, 0.25) is 9.47 Å². The first-order valence-corrected chi connectivity index (χ1v) is 13.2. The highest BCUT2D eigenvalue weighted by Crippen LogP contribution is 2.26. The Balaban J connectivity index is 1.38. The molecule has 1 aromatic heterocycles. The Hall–Kier alpha value is -2.82. The van der Waals surface area contributed by atoms with E-state index in [-0.39, 0.29) is 15.4 Å². The molecule has 0 bridgehead atoms. The van der Waals surface area contributed by atoms with Gasteiger partial charge in [0.05, 0.1) is 0 Å². The average Bonchev–Trinajstić information content (AvgIpc) is 3.29. The van der Waals surface area contributed by atoms with E-state index >= 15 is 0 Å². The van der Waals surface area contributed by atoms with E-state index in [1.54, 1.807) is 37.3 Å². The van der Waals surface area contributed by atoms with Crippen molar-refractivity contribution >= 4 is 38.1 Å². The van der Waals surface area contributed by atoms with Gasteiger partial charge in [-0.3, -0.25) is 10.1 Å². The second-order valence-corrected chi connectivity index (χ2v) is 11.2. The zero-order valence-corrected chi connectivity index (χ0v) is 20.2. The number of anilines is 2. The Morgan fingerprint density at radius 2 is 1.73 bits per heavy atom. The molecule has 33 heavy (non-hydrogen) atoms. The molecular formula is C23H27N5O3S2. The highest BCUT2D eigenvalue weighted by atomic mass is 32.2. The molecule has 0 spiro atoms. The molecule has 0 saturated carbocycles. The maximum absolute atomic E-state index is 12.8. The number of nitrogens with one attached hydrogen (secondary N) is 2. The van der Waals surface area contributed by atoms with Crippen molar-refractivity contribution in [2.45, 2.75) is 37.1 Å². The largest absolute Gasteiger partial charge is 0.372 e. The van der Waals surface area contributed by atoms with Gasteiger partial charge in [0.25, 0.3) is 15.9 Å². The summed E-state index contributed by atoms with van der Waals surface area (Å²) < 4.78 is 28.1. The summed E-state index contributed by atoms with van der Waals surface area (Å²) >= 11 is 0.810. The smallest absolute Gasteiger partial charge is 0.270 e.